The molecule has 2 aromatic rings. The molecule has 0 amide bonds. The molecule has 9 nitrogen and oxygen atoms in total. The van der Waals surface area contributed by atoms with Crippen molar-refractivity contribution in [3.05, 3.63) is 15.9 Å². The molecule has 1 aliphatic rings. The summed E-state index contributed by atoms with van der Waals surface area (Å²) in [5.41, 5.74) is 0.403. The third-order valence-electron chi connectivity index (χ3n) is 3.50. The van der Waals surface area contributed by atoms with Crippen molar-refractivity contribution in [2.45, 2.75) is 31.8 Å². The Morgan fingerprint density at radius 3 is 3.09 bits per heavy atom. The number of carbonyl (C=O) groups excluding carboxylic acids is 1. The molecule has 23 heavy (non-hydrogen) atoms. The standard InChI is InChI=1S/C13H16N4O5S/c1-6(19)21-8-3-7(5-18)22-11(8)17-10-9(23-13(17)20)4-15-12(14-2)16-10/h4,7-8,11,18H,3,5H2,1-2H3,(H,14,15,16)/t7?,8-,11?/m1/s1. The van der Waals surface area contributed by atoms with Crippen molar-refractivity contribution in [3.8, 4) is 0 Å². The van der Waals surface area contributed by atoms with Gasteiger partial charge in [0.05, 0.1) is 23.6 Å². The van der Waals surface area contributed by atoms with Gasteiger partial charge in [-0.2, -0.15) is 4.98 Å². The topological polar surface area (TPSA) is 116 Å². The van der Waals surface area contributed by atoms with Gasteiger partial charge in [-0.3, -0.25) is 14.2 Å². The maximum Gasteiger partial charge on any atom is 0.311 e. The van der Waals surface area contributed by atoms with Crippen LogP contribution in [0.4, 0.5) is 5.95 Å². The number of hydrogen-bond acceptors (Lipinski definition) is 9. The minimum Gasteiger partial charge on any atom is -0.458 e. The first-order valence-electron chi connectivity index (χ1n) is 7.03. The number of hydrogen-bond donors (Lipinski definition) is 2. The van der Waals surface area contributed by atoms with Crippen molar-refractivity contribution in [1.82, 2.24) is 14.5 Å². The highest BCUT2D eigenvalue weighted by molar-refractivity contribution is 7.16. The zero-order valence-corrected chi connectivity index (χ0v) is 13.4. The highest BCUT2D eigenvalue weighted by Gasteiger charge is 2.40. The van der Waals surface area contributed by atoms with Gasteiger partial charge in [0.2, 0.25) is 5.95 Å². The molecule has 0 saturated carbocycles. The predicted octanol–water partition coefficient (Wildman–Crippen LogP) is 0.106. The minimum atomic E-state index is -0.822. The molecule has 0 aliphatic carbocycles. The molecule has 124 valence electrons. The molecule has 1 fully saturated rings. The Kier molecular flexibility index (Phi) is 4.28. The monoisotopic (exact) mass is 340 g/mol. The second-order valence-electron chi connectivity index (χ2n) is 5.08. The number of nitrogens with one attached hydrogen (secondary N) is 1. The van der Waals surface area contributed by atoms with Gasteiger partial charge in [0.1, 0.15) is 6.10 Å². The van der Waals surface area contributed by atoms with Gasteiger partial charge in [-0.25, -0.2) is 4.98 Å². The largest absolute Gasteiger partial charge is 0.458 e. The molecule has 10 heteroatoms. The predicted molar refractivity (Wildman–Crippen MR) is 82.4 cm³/mol. The molecular formula is C13H16N4O5S. The number of aliphatic hydroxyl groups excluding tert-OH is 1. The van der Waals surface area contributed by atoms with Crippen molar-refractivity contribution >= 4 is 33.6 Å². The fourth-order valence-electron chi connectivity index (χ4n) is 2.56. The lowest BCUT2D eigenvalue weighted by Gasteiger charge is -2.19. The number of carbonyl (C=O) groups is 1. The van der Waals surface area contributed by atoms with Crippen molar-refractivity contribution in [3.63, 3.8) is 0 Å². The van der Waals surface area contributed by atoms with Gasteiger partial charge < -0.3 is 19.9 Å². The molecule has 1 saturated heterocycles. The lowest BCUT2D eigenvalue weighted by atomic mass is 10.2. The number of anilines is 1. The molecule has 0 bridgehead atoms. The lowest BCUT2D eigenvalue weighted by molar-refractivity contribution is -0.152. The van der Waals surface area contributed by atoms with Crippen LogP contribution in [0.3, 0.4) is 0 Å². The van der Waals surface area contributed by atoms with Crippen molar-refractivity contribution in [2.75, 3.05) is 19.0 Å². The number of thiazole rings is 1. The molecule has 2 unspecified atom stereocenters. The fraction of sp³-hybridized carbons (Fsp3) is 0.538. The van der Waals surface area contributed by atoms with E-state index in [9.17, 15) is 14.7 Å². The maximum absolute atomic E-state index is 12.4. The summed E-state index contributed by atoms with van der Waals surface area (Å²) in [5, 5.41) is 12.1. The van der Waals surface area contributed by atoms with Gasteiger partial charge in [0.15, 0.2) is 11.9 Å². The summed E-state index contributed by atoms with van der Waals surface area (Å²) >= 11 is 0.986. The number of aromatic nitrogens is 3. The minimum absolute atomic E-state index is 0.220. The van der Waals surface area contributed by atoms with E-state index in [1.807, 2.05) is 0 Å². The molecule has 0 spiro atoms. The first kappa shape index (κ1) is 15.8. The molecule has 3 atom stereocenters. The van der Waals surface area contributed by atoms with E-state index < -0.39 is 24.4 Å². The summed E-state index contributed by atoms with van der Waals surface area (Å²) < 4.78 is 12.9. The van der Waals surface area contributed by atoms with Crippen molar-refractivity contribution in [2.24, 2.45) is 0 Å². The summed E-state index contributed by atoms with van der Waals surface area (Å²) in [5.74, 6) is -0.106. The van der Waals surface area contributed by atoms with Crippen LogP contribution in [0.15, 0.2) is 11.0 Å². The normalized spacial score (nSPS) is 24.0. The lowest BCUT2D eigenvalue weighted by Crippen LogP contribution is -2.30. The zero-order chi connectivity index (χ0) is 16.6. The van der Waals surface area contributed by atoms with E-state index in [2.05, 4.69) is 15.3 Å². The van der Waals surface area contributed by atoms with E-state index >= 15 is 0 Å². The van der Waals surface area contributed by atoms with Gasteiger partial charge in [0.25, 0.3) is 0 Å². The number of fused-ring (bicyclic) bond motifs is 1. The molecule has 3 heterocycles. The molecule has 2 N–H and O–H groups in total. The van der Waals surface area contributed by atoms with Crippen LogP contribution >= 0.6 is 11.3 Å². The molecule has 2 aromatic heterocycles. The molecule has 3 rings (SSSR count). The number of ether oxygens (including phenoxy) is 2. The second-order valence-corrected chi connectivity index (χ2v) is 6.08. The van der Waals surface area contributed by atoms with E-state index in [0.717, 1.165) is 11.3 Å². The highest BCUT2D eigenvalue weighted by atomic mass is 32.1. The van der Waals surface area contributed by atoms with Crippen LogP contribution in [0, 0.1) is 0 Å². The van der Waals surface area contributed by atoms with E-state index in [-0.39, 0.29) is 11.5 Å². The number of aliphatic hydroxyl groups is 1. The van der Waals surface area contributed by atoms with Crippen molar-refractivity contribution < 1.29 is 19.4 Å². The third-order valence-corrected chi connectivity index (χ3v) is 4.38. The Balaban J connectivity index is 2.07. The maximum atomic E-state index is 12.4. The van der Waals surface area contributed by atoms with Crippen molar-refractivity contribution in [1.29, 1.82) is 0 Å². The Labute approximate surface area is 134 Å². The van der Waals surface area contributed by atoms with Crippen LogP contribution in [0.25, 0.3) is 10.3 Å². The summed E-state index contributed by atoms with van der Waals surface area (Å²) in [7, 11) is 1.67. The van der Waals surface area contributed by atoms with Gasteiger partial charge in [-0.05, 0) is 0 Å². The number of nitrogens with zero attached hydrogens (tertiary/aromatic N) is 3. The summed E-state index contributed by atoms with van der Waals surface area (Å²) in [6, 6.07) is 0. The first-order valence-corrected chi connectivity index (χ1v) is 7.84. The summed E-state index contributed by atoms with van der Waals surface area (Å²) in [6.45, 7) is 1.07. The van der Waals surface area contributed by atoms with E-state index in [0.29, 0.717) is 22.7 Å². The average molecular weight is 340 g/mol. The smallest absolute Gasteiger partial charge is 0.311 e. The van der Waals surface area contributed by atoms with Gasteiger partial charge in [0, 0.05) is 20.4 Å². The first-order chi connectivity index (χ1) is 11.0. The molecule has 0 aromatic carbocycles. The van der Waals surface area contributed by atoms with Crippen LogP contribution in [0.2, 0.25) is 0 Å². The zero-order valence-electron chi connectivity index (χ0n) is 12.6. The summed E-state index contributed by atoms with van der Waals surface area (Å²) in [6.07, 6.45) is -0.119. The van der Waals surface area contributed by atoms with Gasteiger partial charge in [-0.15, -0.1) is 0 Å². The third kappa shape index (κ3) is 2.92. The Morgan fingerprint density at radius 2 is 2.43 bits per heavy atom. The quantitative estimate of drug-likeness (QED) is 0.753. The van der Waals surface area contributed by atoms with Gasteiger partial charge in [-0.1, -0.05) is 11.3 Å². The highest BCUT2D eigenvalue weighted by Crippen LogP contribution is 2.33. The SMILES string of the molecule is CNc1ncc2sc(=O)n(C3OC(CO)C[C@H]3OC(C)=O)c2n1. The van der Waals surface area contributed by atoms with E-state index in [1.165, 1.54) is 11.5 Å². The molecular weight excluding hydrogens is 324 g/mol. The molecule has 0 radical (unpaired) electrons. The summed E-state index contributed by atoms with van der Waals surface area (Å²) in [4.78, 5) is 31.7. The van der Waals surface area contributed by atoms with E-state index in [1.54, 1.807) is 13.2 Å². The van der Waals surface area contributed by atoms with Crippen LogP contribution in [0.1, 0.15) is 19.6 Å². The van der Waals surface area contributed by atoms with Crippen LogP contribution in [-0.4, -0.2) is 51.5 Å². The molecule has 1 aliphatic heterocycles. The number of rotatable bonds is 4. The fourth-order valence-corrected chi connectivity index (χ4v) is 3.38. The van der Waals surface area contributed by atoms with Crippen LogP contribution in [-0.2, 0) is 14.3 Å². The second kappa shape index (κ2) is 6.22. The van der Waals surface area contributed by atoms with E-state index in [4.69, 9.17) is 9.47 Å². The van der Waals surface area contributed by atoms with Crippen LogP contribution in [0.5, 0.6) is 0 Å². The average Bonchev–Trinajstić information content (AvgIpc) is 3.05. The van der Waals surface area contributed by atoms with Crippen LogP contribution < -0.4 is 10.2 Å². The number of esters is 1. The van der Waals surface area contributed by atoms with Gasteiger partial charge >= 0.3 is 10.8 Å². The Hall–Kier alpha value is -2.04. The Morgan fingerprint density at radius 1 is 1.65 bits per heavy atom. The Bertz CT molecular complexity index is 788.